The van der Waals surface area contributed by atoms with Crippen molar-refractivity contribution >= 4 is 5.91 Å². The summed E-state index contributed by atoms with van der Waals surface area (Å²) in [6.45, 7) is 12.6. The quantitative estimate of drug-likeness (QED) is 0.751. The van der Waals surface area contributed by atoms with Gasteiger partial charge in [-0.2, -0.15) is 0 Å². The molecule has 5 nitrogen and oxygen atoms in total. The van der Waals surface area contributed by atoms with Crippen molar-refractivity contribution in [2.24, 2.45) is 30.0 Å². The maximum atomic E-state index is 11.7. The second kappa shape index (κ2) is 7.47. The minimum atomic E-state index is -0.278. The van der Waals surface area contributed by atoms with Gasteiger partial charge in [0.05, 0.1) is 18.7 Å². The predicted octanol–water partition coefficient (Wildman–Crippen LogP) is 2.67. The number of amides is 1. The fourth-order valence-electron chi connectivity index (χ4n) is 2.36. The van der Waals surface area contributed by atoms with Crippen LogP contribution in [0.4, 0.5) is 0 Å². The second-order valence-electron chi connectivity index (χ2n) is 6.86. The number of allylic oxidation sites excluding steroid dienone is 1. The third kappa shape index (κ3) is 4.90. The number of hydrogen-bond acceptors (Lipinski definition) is 3. The standard InChI is InChI=1S/C17H29N3O2/c1-7-15(16(18)21)13(8-14-9-19-11-20(14)6)10-22-12(2)17(3,4)5/h9,11,13,15H,2,7-8,10H2,1,3-6H3,(H2,18,21). The average Bonchev–Trinajstić information content (AvgIpc) is 2.80. The molecule has 5 heteroatoms. The summed E-state index contributed by atoms with van der Waals surface area (Å²) in [5, 5.41) is 0. The number of ether oxygens (including phenoxy) is 1. The Hall–Kier alpha value is -1.78. The summed E-state index contributed by atoms with van der Waals surface area (Å²) in [5.41, 5.74) is 6.51. The van der Waals surface area contributed by atoms with Crippen molar-refractivity contribution in [3.8, 4) is 0 Å². The molecule has 0 radical (unpaired) electrons. The summed E-state index contributed by atoms with van der Waals surface area (Å²) in [6, 6.07) is 0. The second-order valence-corrected chi connectivity index (χ2v) is 6.86. The smallest absolute Gasteiger partial charge is 0.220 e. The van der Waals surface area contributed by atoms with Crippen molar-refractivity contribution in [1.82, 2.24) is 9.55 Å². The first kappa shape index (κ1) is 18.3. The lowest BCUT2D eigenvalue weighted by molar-refractivity contribution is -0.124. The van der Waals surface area contributed by atoms with Gasteiger partial charge < -0.3 is 15.0 Å². The first-order valence-electron chi connectivity index (χ1n) is 7.73. The molecule has 1 amide bonds. The maximum Gasteiger partial charge on any atom is 0.220 e. The van der Waals surface area contributed by atoms with Crippen LogP contribution in [0.1, 0.15) is 39.8 Å². The zero-order chi connectivity index (χ0) is 16.9. The highest BCUT2D eigenvalue weighted by atomic mass is 16.5. The van der Waals surface area contributed by atoms with Gasteiger partial charge in [0, 0.05) is 36.2 Å². The topological polar surface area (TPSA) is 70.1 Å². The van der Waals surface area contributed by atoms with Gasteiger partial charge in [0.15, 0.2) is 0 Å². The molecule has 124 valence electrons. The number of aryl methyl sites for hydroxylation is 1. The van der Waals surface area contributed by atoms with Gasteiger partial charge in [-0.1, -0.05) is 34.3 Å². The third-order valence-corrected chi connectivity index (χ3v) is 4.07. The number of carbonyl (C=O) groups excluding carboxylic acids is 1. The van der Waals surface area contributed by atoms with E-state index in [0.29, 0.717) is 19.4 Å². The van der Waals surface area contributed by atoms with Crippen LogP contribution in [0, 0.1) is 17.3 Å². The molecular weight excluding hydrogens is 278 g/mol. The monoisotopic (exact) mass is 307 g/mol. The molecule has 2 atom stereocenters. The number of nitrogens with zero attached hydrogens (tertiary/aromatic N) is 2. The lowest BCUT2D eigenvalue weighted by Gasteiger charge is -2.28. The summed E-state index contributed by atoms with van der Waals surface area (Å²) in [7, 11) is 1.94. The van der Waals surface area contributed by atoms with Gasteiger partial charge in [0.2, 0.25) is 5.91 Å². The van der Waals surface area contributed by atoms with Crippen LogP contribution in [0.5, 0.6) is 0 Å². The molecule has 2 unspecified atom stereocenters. The minimum Gasteiger partial charge on any atom is -0.498 e. The van der Waals surface area contributed by atoms with Crippen molar-refractivity contribution in [3.63, 3.8) is 0 Å². The highest BCUT2D eigenvalue weighted by Gasteiger charge is 2.28. The number of rotatable bonds is 8. The molecule has 1 aromatic heterocycles. The molecule has 0 aliphatic rings. The highest BCUT2D eigenvalue weighted by Crippen LogP contribution is 2.27. The van der Waals surface area contributed by atoms with E-state index in [4.69, 9.17) is 10.5 Å². The zero-order valence-electron chi connectivity index (χ0n) is 14.4. The Kier molecular flexibility index (Phi) is 6.21. The molecule has 0 bridgehead atoms. The van der Waals surface area contributed by atoms with E-state index in [2.05, 4.69) is 32.3 Å². The third-order valence-electron chi connectivity index (χ3n) is 4.07. The molecule has 1 heterocycles. The maximum absolute atomic E-state index is 11.7. The first-order valence-corrected chi connectivity index (χ1v) is 7.73. The highest BCUT2D eigenvalue weighted by molar-refractivity contribution is 5.76. The molecule has 0 aliphatic carbocycles. The van der Waals surface area contributed by atoms with Gasteiger partial charge in [0.25, 0.3) is 0 Å². The molecule has 1 rings (SSSR count). The van der Waals surface area contributed by atoms with Gasteiger partial charge >= 0.3 is 0 Å². The van der Waals surface area contributed by atoms with E-state index >= 15 is 0 Å². The Morgan fingerprint density at radius 3 is 2.55 bits per heavy atom. The van der Waals surface area contributed by atoms with Crippen molar-refractivity contribution in [3.05, 3.63) is 30.6 Å². The Labute approximate surface area is 133 Å². The van der Waals surface area contributed by atoms with Crippen LogP contribution in [0.3, 0.4) is 0 Å². The van der Waals surface area contributed by atoms with Crippen molar-refractivity contribution in [2.45, 2.75) is 40.5 Å². The molecule has 1 aromatic rings. The predicted molar refractivity (Wildman–Crippen MR) is 87.9 cm³/mol. The van der Waals surface area contributed by atoms with Crippen LogP contribution < -0.4 is 5.73 Å². The van der Waals surface area contributed by atoms with E-state index in [0.717, 1.165) is 11.5 Å². The fourth-order valence-corrected chi connectivity index (χ4v) is 2.36. The van der Waals surface area contributed by atoms with Gasteiger partial charge in [-0.15, -0.1) is 0 Å². The molecule has 0 spiro atoms. The lowest BCUT2D eigenvalue weighted by atomic mass is 9.86. The Balaban J connectivity index is 2.85. The Bertz CT molecular complexity index is 514. The number of imidazole rings is 1. The number of primary amides is 1. The summed E-state index contributed by atoms with van der Waals surface area (Å²) < 4.78 is 7.82. The van der Waals surface area contributed by atoms with Crippen LogP contribution in [0.25, 0.3) is 0 Å². The van der Waals surface area contributed by atoms with E-state index in [9.17, 15) is 4.79 Å². The van der Waals surface area contributed by atoms with E-state index < -0.39 is 0 Å². The van der Waals surface area contributed by atoms with Crippen molar-refractivity contribution in [2.75, 3.05) is 6.61 Å². The van der Waals surface area contributed by atoms with Crippen LogP contribution in [-0.2, 0) is 23.0 Å². The van der Waals surface area contributed by atoms with Gasteiger partial charge in [0.1, 0.15) is 0 Å². The molecule has 0 aliphatic heterocycles. The van der Waals surface area contributed by atoms with E-state index in [1.165, 1.54) is 0 Å². The van der Waals surface area contributed by atoms with Gasteiger partial charge in [-0.25, -0.2) is 4.98 Å². The molecule has 2 N–H and O–H groups in total. The molecule has 0 saturated heterocycles. The molecule has 0 saturated carbocycles. The number of carbonyl (C=O) groups is 1. The summed E-state index contributed by atoms with van der Waals surface area (Å²) in [5.74, 6) is 0.237. The summed E-state index contributed by atoms with van der Waals surface area (Å²) in [6.07, 6.45) is 4.98. The van der Waals surface area contributed by atoms with Gasteiger partial charge in [-0.05, 0) is 12.8 Å². The van der Waals surface area contributed by atoms with Crippen LogP contribution >= 0.6 is 0 Å². The Morgan fingerprint density at radius 1 is 1.50 bits per heavy atom. The molecule has 0 fully saturated rings. The molecule has 22 heavy (non-hydrogen) atoms. The van der Waals surface area contributed by atoms with Gasteiger partial charge in [-0.3, -0.25) is 4.79 Å². The molecular formula is C17H29N3O2. The first-order chi connectivity index (χ1) is 10.2. The van der Waals surface area contributed by atoms with Crippen LogP contribution in [-0.4, -0.2) is 22.1 Å². The number of aromatic nitrogens is 2. The van der Waals surface area contributed by atoms with E-state index in [1.807, 2.05) is 24.7 Å². The lowest BCUT2D eigenvalue weighted by Crippen LogP contribution is -2.34. The van der Waals surface area contributed by atoms with E-state index in [1.54, 1.807) is 6.33 Å². The van der Waals surface area contributed by atoms with Crippen LogP contribution in [0.2, 0.25) is 0 Å². The SMILES string of the molecule is C=C(OCC(Cc1cncn1C)C(CC)C(N)=O)C(C)(C)C. The summed E-state index contributed by atoms with van der Waals surface area (Å²) in [4.78, 5) is 15.9. The number of hydrogen-bond donors (Lipinski definition) is 1. The molecule has 0 aromatic carbocycles. The number of nitrogens with two attached hydrogens (primary N) is 1. The fraction of sp³-hybridized carbons (Fsp3) is 0.647. The summed E-state index contributed by atoms with van der Waals surface area (Å²) >= 11 is 0. The van der Waals surface area contributed by atoms with Crippen molar-refractivity contribution in [1.29, 1.82) is 0 Å². The zero-order valence-corrected chi connectivity index (χ0v) is 14.4. The largest absolute Gasteiger partial charge is 0.498 e. The van der Waals surface area contributed by atoms with E-state index in [-0.39, 0.29) is 23.2 Å². The Morgan fingerprint density at radius 2 is 2.14 bits per heavy atom. The minimum absolute atomic E-state index is 0.0111. The normalized spacial score (nSPS) is 14.4. The van der Waals surface area contributed by atoms with Crippen molar-refractivity contribution < 1.29 is 9.53 Å². The average molecular weight is 307 g/mol. The van der Waals surface area contributed by atoms with Crippen LogP contribution in [0.15, 0.2) is 24.9 Å².